The van der Waals surface area contributed by atoms with E-state index in [1.54, 1.807) is 7.11 Å². The summed E-state index contributed by atoms with van der Waals surface area (Å²) in [6.07, 6.45) is 7.74. The molecule has 0 heterocycles. The number of unbranched alkanes of at least 4 members (excludes halogenated alkanes) is 2. The van der Waals surface area contributed by atoms with Crippen molar-refractivity contribution in [1.82, 2.24) is 5.32 Å². The van der Waals surface area contributed by atoms with E-state index in [1.807, 2.05) is 6.07 Å². The van der Waals surface area contributed by atoms with E-state index in [9.17, 15) is 0 Å². The average molecular weight is 356 g/mol. The fourth-order valence-corrected chi connectivity index (χ4v) is 2.82. The number of hydrogen-bond acceptors (Lipinski definition) is 3. The Kier molecular flexibility index (Phi) is 7.54. The minimum absolute atomic E-state index is 0.586. The molecular formula is C17H26BrNO2. The minimum atomic E-state index is 0.586. The Morgan fingerprint density at radius 1 is 1.19 bits per heavy atom. The molecule has 2 rings (SSSR count). The van der Waals surface area contributed by atoms with Crippen LogP contribution in [0.3, 0.4) is 0 Å². The number of halogens is 1. The Labute approximate surface area is 136 Å². The van der Waals surface area contributed by atoms with E-state index in [1.165, 1.54) is 44.2 Å². The first kappa shape index (κ1) is 16.8. The summed E-state index contributed by atoms with van der Waals surface area (Å²) in [4.78, 5) is 0. The molecule has 0 spiro atoms. The van der Waals surface area contributed by atoms with Gasteiger partial charge in [0.2, 0.25) is 0 Å². The Morgan fingerprint density at radius 3 is 2.76 bits per heavy atom. The maximum atomic E-state index is 5.64. The molecule has 0 bridgehead atoms. The third kappa shape index (κ3) is 6.81. The highest BCUT2D eigenvalue weighted by Crippen LogP contribution is 2.26. The predicted molar refractivity (Wildman–Crippen MR) is 90.1 cm³/mol. The van der Waals surface area contributed by atoms with Gasteiger partial charge in [0, 0.05) is 13.2 Å². The summed E-state index contributed by atoms with van der Waals surface area (Å²) >= 11 is 3.58. The lowest BCUT2D eigenvalue weighted by atomic mass is 10.1. The topological polar surface area (TPSA) is 30.5 Å². The van der Waals surface area contributed by atoms with Crippen LogP contribution in [0.1, 0.15) is 37.7 Å². The van der Waals surface area contributed by atoms with E-state index in [2.05, 4.69) is 33.4 Å². The van der Waals surface area contributed by atoms with Crippen LogP contribution >= 0.6 is 15.9 Å². The molecule has 1 aliphatic rings. The second-order valence-electron chi connectivity index (χ2n) is 5.65. The summed E-state index contributed by atoms with van der Waals surface area (Å²) in [5.41, 5.74) is 1.37. The summed E-state index contributed by atoms with van der Waals surface area (Å²) in [6.45, 7) is 2.38. The Hall–Kier alpha value is -0.580. The van der Waals surface area contributed by atoms with E-state index in [0.29, 0.717) is 13.2 Å². The molecule has 1 N–H and O–H groups in total. The predicted octanol–water partition coefficient (Wildman–Crippen LogP) is 3.94. The number of aryl methyl sites for hydroxylation is 1. The lowest BCUT2D eigenvalue weighted by molar-refractivity contribution is 0.146. The van der Waals surface area contributed by atoms with Gasteiger partial charge in [-0.15, -0.1) is 0 Å². The van der Waals surface area contributed by atoms with Crippen molar-refractivity contribution in [3.8, 4) is 5.75 Å². The van der Waals surface area contributed by atoms with Crippen molar-refractivity contribution in [3.63, 3.8) is 0 Å². The molecule has 4 heteroatoms. The quantitative estimate of drug-likeness (QED) is 0.609. The van der Waals surface area contributed by atoms with Gasteiger partial charge in [0.15, 0.2) is 0 Å². The smallest absolute Gasteiger partial charge is 0.133 e. The standard InChI is InChI=1S/C17H26BrNO2/c1-20-11-12-21-17-9-6-14(13-16(17)18)5-3-2-4-10-19-15-7-8-15/h6,9,13,15,19H,2-5,7-8,10-12H2,1H3. The van der Waals surface area contributed by atoms with Gasteiger partial charge in [0.25, 0.3) is 0 Å². The molecule has 0 aliphatic heterocycles. The van der Waals surface area contributed by atoms with Gasteiger partial charge in [0.1, 0.15) is 12.4 Å². The number of hydrogen-bond donors (Lipinski definition) is 1. The molecule has 0 amide bonds. The monoisotopic (exact) mass is 355 g/mol. The second kappa shape index (κ2) is 9.44. The summed E-state index contributed by atoms with van der Waals surface area (Å²) in [6, 6.07) is 7.22. The van der Waals surface area contributed by atoms with Gasteiger partial charge < -0.3 is 14.8 Å². The highest BCUT2D eigenvalue weighted by molar-refractivity contribution is 9.10. The largest absolute Gasteiger partial charge is 0.490 e. The van der Waals surface area contributed by atoms with Gasteiger partial charge in [0.05, 0.1) is 11.1 Å². The fourth-order valence-electron chi connectivity index (χ4n) is 2.28. The summed E-state index contributed by atoms with van der Waals surface area (Å²) < 4.78 is 11.7. The van der Waals surface area contributed by atoms with Crippen molar-refractivity contribution in [2.24, 2.45) is 0 Å². The van der Waals surface area contributed by atoms with Crippen molar-refractivity contribution in [3.05, 3.63) is 28.2 Å². The molecule has 1 saturated carbocycles. The molecule has 0 radical (unpaired) electrons. The van der Waals surface area contributed by atoms with Crippen LogP contribution in [0.15, 0.2) is 22.7 Å². The van der Waals surface area contributed by atoms with Gasteiger partial charge >= 0.3 is 0 Å². The zero-order chi connectivity index (χ0) is 14.9. The van der Waals surface area contributed by atoms with E-state index >= 15 is 0 Å². The minimum Gasteiger partial charge on any atom is -0.490 e. The molecule has 1 aromatic carbocycles. The molecule has 3 nitrogen and oxygen atoms in total. The average Bonchev–Trinajstić information content (AvgIpc) is 3.29. The zero-order valence-corrected chi connectivity index (χ0v) is 14.5. The number of methoxy groups -OCH3 is 1. The van der Waals surface area contributed by atoms with E-state index in [-0.39, 0.29) is 0 Å². The molecule has 118 valence electrons. The van der Waals surface area contributed by atoms with Gasteiger partial charge in [-0.05, 0) is 72.3 Å². The third-order valence-electron chi connectivity index (χ3n) is 3.69. The second-order valence-corrected chi connectivity index (χ2v) is 6.50. The molecule has 1 aliphatic carbocycles. The van der Waals surface area contributed by atoms with Gasteiger partial charge in [-0.1, -0.05) is 12.5 Å². The van der Waals surface area contributed by atoms with Crippen LogP contribution in [0.5, 0.6) is 5.75 Å². The van der Waals surface area contributed by atoms with Crippen molar-refractivity contribution >= 4 is 15.9 Å². The fraction of sp³-hybridized carbons (Fsp3) is 0.647. The molecule has 1 fully saturated rings. The molecule has 0 atom stereocenters. The first-order valence-corrected chi connectivity index (χ1v) is 8.72. The molecular weight excluding hydrogens is 330 g/mol. The van der Waals surface area contributed by atoms with Crippen LogP contribution in [0.25, 0.3) is 0 Å². The maximum Gasteiger partial charge on any atom is 0.133 e. The number of benzene rings is 1. The van der Waals surface area contributed by atoms with Crippen molar-refractivity contribution < 1.29 is 9.47 Å². The van der Waals surface area contributed by atoms with Crippen LogP contribution in [-0.2, 0) is 11.2 Å². The zero-order valence-electron chi connectivity index (χ0n) is 12.9. The molecule has 0 saturated heterocycles. The van der Waals surface area contributed by atoms with Crippen LogP contribution < -0.4 is 10.1 Å². The van der Waals surface area contributed by atoms with E-state index < -0.39 is 0 Å². The first-order valence-electron chi connectivity index (χ1n) is 7.93. The van der Waals surface area contributed by atoms with Crippen LogP contribution in [0.4, 0.5) is 0 Å². The normalized spacial score (nSPS) is 14.4. The maximum absolute atomic E-state index is 5.64. The molecule has 0 aromatic heterocycles. The van der Waals surface area contributed by atoms with Crippen molar-refractivity contribution in [1.29, 1.82) is 0 Å². The summed E-state index contributed by atoms with van der Waals surface area (Å²) in [5.74, 6) is 0.893. The van der Waals surface area contributed by atoms with E-state index in [0.717, 1.165) is 22.7 Å². The SMILES string of the molecule is COCCOc1ccc(CCCCCNC2CC2)cc1Br. The lowest BCUT2D eigenvalue weighted by Crippen LogP contribution is -2.17. The summed E-state index contributed by atoms with van der Waals surface area (Å²) in [7, 11) is 1.68. The number of rotatable bonds is 11. The molecule has 21 heavy (non-hydrogen) atoms. The van der Waals surface area contributed by atoms with Crippen LogP contribution in [0, 0.1) is 0 Å². The van der Waals surface area contributed by atoms with Crippen molar-refractivity contribution in [2.45, 2.75) is 44.6 Å². The first-order chi connectivity index (χ1) is 10.3. The van der Waals surface area contributed by atoms with E-state index in [4.69, 9.17) is 9.47 Å². The van der Waals surface area contributed by atoms with Crippen LogP contribution in [-0.4, -0.2) is 32.9 Å². The number of nitrogens with one attached hydrogen (secondary N) is 1. The van der Waals surface area contributed by atoms with Gasteiger partial charge in [-0.2, -0.15) is 0 Å². The highest BCUT2D eigenvalue weighted by Gasteiger charge is 2.19. The Balaban J connectivity index is 1.62. The Bertz CT molecular complexity index is 421. The summed E-state index contributed by atoms with van der Waals surface area (Å²) in [5, 5.41) is 3.56. The lowest BCUT2D eigenvalue weighted by Gasteiger charge is -2.09. The molecule has 1 aromatic rings. The van der Waals surface area contributed by atoms with Crippen LogP contribution in [0.2, 0.25) is 0 Å². The third-order valence-corrected chi connectivity index (χ3v) is 4.31. The number of ether oxygens (including phenoxy) is 2. The van der Waals surface area contributed by atoms with Gasteiger partial charge in [-0.3, -0.25) is 0 Å². The Morgan fingerprint density at radius 2 is 2.05 bits per heavy atom. The van der Waals surface area contributed by atoms with Gasteiger partial charge in [-0.25, -0.2) is 0 Å². The van der Waals surface area contributed by atoms with Crippen molar-refractivity contribution in [2.75, 3.05) is 26.9 Å². The highest BCUT2D eigenvalue weighted by atomic mass is 79.9. The molecule has 0 unspecified atom stereocenters.